The summed E-state index contributed by atoms with van der Waals surface area (Å²) in [5, 5.41) is 10.4. The quantitative estimate of drug-likeness (QED) is 0.659. The van der Waals surface area contributed by atoms with Gasteiger partial charge in [-0.1, -0.05) is 66.7 Å². The molecule has 0 bridgehead atoms. The van der Waals surface area contributed by atoms with Gasteiger partial charge in [-0.25, -0.2) is 0 Å². The first kappa shape index (κ1) is 20.5. The molecule has 3 aromatic rings. The van der Waals surface area contributed by atoms with Gasteiger partial charge in [-0.3, -0.25) is 9.59 Å². The molecule has 5 rings (SSSR count). The van der Waals surface area contributed by atoms with E-state index in [9.17, 15) is 14.7 Å². The maximum atomic E-state index is 14.0. The molecule has 1 fully saturated rings. The summed E-state index contributed by atoms with van der Waals surface area (Å²) in [6.07, 6.45) is 0.299. The van der Waals surface area contributed by atoms with Gasteiger partial charge in [0.2, 0.25) is 5.91 Å². The van der Waals surface area contributed by atoms with Crippen LogP contribution in [0.4, 0.5) is 0 Å². The molecule has 2 aliphatic rings. The lowest BCUT2D eigenvalue weighted by Gasteiger charge is -2.35. The van der Waals surface area contributed by atoms with Gasteiger partial charge >= 0.3 is 0 Å². The van der Waals surface area contributed by atoms with Crippen molar-refractivity contribution in [3.05, 3.63) is 101 Å². The van der Waals surface area contributed by atoms with E-state index in [1.54, 1.807) is 7.11 Å². The van der Waals surface area contributed by atoms with Crippen molar-refractivity contribution in [2.45, 2.75) is 24.4 Å². The topological polar surface area (TPSA) is 66.8 Å². The minimum Gasteiger partial charge on any atom is -0.497 e. The Labute approximate surface area is 187 Å². The largest absolute Gasteiger partial charge is 0.497 e. The average Bonchev–Trinajstić information content (AvgIpc) is 3.12. The molecule has 0 aromatic heterocycles. The molecule has 5 nitrogen and oxygen atoms in total. The molecular weight excluding hydrogens is 402 g/mol. The van der Waals surface area contributed by atoms with Crippen molar-refractivity contribution in [2.24, 2.45) is 5.92 Å². The van der Waals surface area contributed by atoms with Crippen LogP contribution in [0.3, 0.4) is 0 Å². The van der Waals surface area contributed by atoms with Crippen LogP contribution in [0, 0.1) is 5.92 Å². The van der Waals surface area contributed by atoms with Crippen molar-refractivity contribution in [1.29, 1.82) is 0 Å². The lowest BCUT2D eigenvalue weighted by molar-refractivity contribution is -0.133. The molecule has 32 heavy (non-hydrogen) atoms. The fourth-order valence-corrected chi connectivity index (χ4v) is 5.39. The number of nitrogens with zero attached hydrogens (tertiary/aromatic N) is 1. The summed E-state index contributed by atoms with van der Waals surface area (Å²) in [6.45, 7) is -0.197. The normalized spacial score (nSPS) is 22.9. The highest BCUT2D eigenvalue weighted by atomic mass is 16.5. The molecule has 0 spiro atoms. The second-order valence-electron chi connectivity index (χ2n) is 8.43. The fraction of sp³-hybridized carbons (Fsp3) is 0.259. The molecule has 1 heterocycles. The zero-order valence-electron chi connectivity index (χ0n) is 17.8. The van der Waals surface area contributed by atoms with Crippen molar-refractivity contribution in [2.75, 3.05) is 13.7 Å². The second kappa shape index (κ2) is 8.24. The summed E-state index contributed by atoms with van der Waals surface area (Å²) in [6, 6.07) is 23.9. The molecule has 1 aliphatic heterocycles. The first-order valence-electron chi connectivity index (χ1n) is 10.9. The van der Waals surface area contributed by atoms with Crippen LogP contribution in [-0.2, 0) is 4.79 Å². The standard InChI is InChI=1S/C27H25NO4/c1-32-19-13-11-18(12-14-19)26-22-15-24(30)20-9-5-6-10-21(20)25(22)27(31)28(26)23(16-29)17-7-3-2-4-8-17/h2-14,22-23,25-26,29H,15-16H2,1H3/t22-,23+,25+,26+/m0/s1. The molecule has 1 aliphatic carbocycles. The number of hydrogen-bond donors (Lipinski definition) is 1. The van der Waals surface area contributed by atoms with Crippen molar-refractivity contribution in [3.63, 3.8) is 0 Å². The van der Waals surface area contributed by atoms with Crippen LogP contribution < -0.4 is 4.74 Å². The van der Waals surface area contributed by atoms with Crippen LogP contribution in [-0.4, -0.2) is 35.4 Å². The number of Topliss-reactive ketones (excluding diaryl/α,β-unsaturated/α-hetero) is 1. The summed E-state index contributed by atoms with van der Waals surface area (Å²) < 4.78 is 5.31. The number of likely N-dealkylation sites (tertiary alicyclic amines) is 1. The Balaban J connectivity index is 1.66. The third kappa shape index (κ3) is 3.21. The van der Waals surface area contributed by atoms with Crippen LogP contribution in [0.2, 0.25) is 0 Å². The Bertz CT molecular complexity index is 1140. The van der Waals surface area contributed by atoms with Crippen LogP contribution in [0.25, 0.3) is 0 Å². The van der Waals surface area contributed by atoms with Crippen LogP contribution in [0.15, 0.2) is 78.9 Å². The average molecular weight is 428 g/mol. The van der Waals surface area contributed by atoms with Gasteiger partial charge in [0.1, 0.15) is 5.75 Å². The van der Waals surface area contributed by atoms with Gasteiger partial charge in [-0.15, -0.1) is 0 Å². The van der Waals surface area contributed by atoms with Crippen LogP contribution in [0.1, 0.15) is 51.5 Å². The summed E-state index contributed by atoms with van der Waals surface area (Å²) in [4.78, 5) is 28.8. The highest BCUT2D eigenvalue weighted by molar-refractivity contribution is 6.03. The van der Waals surface area contributed by atoms with E-state index in [0.717, 1.165) is 22.4 Å². The molecule has 0 radical (unpaired) electrons. The predicted octanol–water partition coefficient (Wildman–Crippen LogP) is 4.30. The SMILES string of the molecule is COc1ccc([C@@H]2[C@H]3CC(=O)c4ccccc4[C@H]3C(=O)N2[C@H](CO)c2ccccc2)cc1. The number of carbonyl (C=O) groups excluding carboxylic acids is 2. The van der Waals surface area contributed by atoms with Crippen molar-refractivity contribution >= 4 is 11.7 Å². The Morgan fingerprint density at radius 1 is 0.969 bits per heavy atom. The third-order valence-electron chi connectivity index (χ3n) is 6.82. The summed E-state index contributed by atoms with van der Waals surface area (Å²) >= 11 is 0. The van der Waals surface area contributed by atoms with Crippen LogP contribution >= 0.6 is 0 Å². The van der Waals surface area contributed by atoms with Gasteiger partial charge in [0.25, 0.3) is 0 Å². The molecule has 1 amide bonds. The number of benzene rings is 3. The number of aliphatic hydroxyl groups excluding tert-OH is 1. The van der Waals surface area contributed by atoms with E-state index in [-0.39, 0.29) is 30.3 Å². The van der Waals surface area contributed by atoms with Crippen molar-refractivity contribution in [1.82, 2.24) is 4.90 Å². The molecule has 162 valence electrons. The first-order valence-corrected chi connectivity index (χ1v) is 10.9. The van der Waals surface area contributed by atoms with E-state index >= 15 is 0 Å². The number of rotatable bonds is 5. The van der Waals surface area contributed by atoms with E-state index in [0.29, 0.717) is 12.0 Å². The number of hydrogen-bond acceptors (Lipinski definition) is 4. The van der Waals surface area contributed by atoms with Crippen molar-refractivity contribution < 1.29 is 19.4 Å². The smallest absolute Gasteiger partial charge is 0.231 e. The molecule has 3 aromatic carbocycles. The number of ether oxygens (including phenoxy) is 1. The lowest BCUT2D eigenvalue weighted by atomic mass is 9.72. The maximum absolute atomic E-state index is 14.0. The Morgan fingerprint density at radius 2 is 1.66 bits per heavy atom. The van der Waals surface area contributed by atoms with E-state index in [2.05, 4.69) is 0 Å². The fourth-order valence-electron chi connectivity index (χ4n) is 5.39. The van der Waals surface area contributed by atoms with Crippen molar-refractivity contribution in [3.8, 4) is 5.75 Å². The molecule has 1 N–H and O–H groups in total. The zero-order chi connectivity index (χ0) is 22.2. The minimum absolute atomic E-state index is 0.0429. The van der Waals surface area contributed by atoms with Crippen LogP contribution in [0.5, 0.6) is 5.75 Å². The monoisotopic (exact) mass is 427 g/mol. The molecule has 0 unspecified atom stereocenters. The van der Waals surface area contributed by atoms with Gasteiger partial charge in [-0.05, 0) is 28.8 Å². The Morgan fingerprint density at radius 3 is 2.34 bits per heavy atom. The first-order chi connectivity index (χ1) is 15.6. The van der Waals surface area contributed by atoms with Gasteiger partial charge < -0.3 is 14.7 Å². The van der Waals surface area contributed by atoms with Gasteiger partial charge in [-0.2, -0.15) is 0 Å². The molecule has 4 atom stereocenters. The number of amides is 1. The van der Waals surface area contributed by atoms with E-state index in [1.807, 2.05) is 83.8 Å². The van der Waals surface area contributed by atoms with Gasteiger partial charge in [0, 0.05) is 17.9 Å². The third-order valence-corrected chi connectivity index (χ3v) is 6.82. The number of fused-ring (bicyclic) bond motifs is 3. The van der Waals surface area contributed by atoms with Gasteiger partial charge in [0.15, 0.2) is 5.78 Å². The van der Waals surface area contributed by atoms with E-state index < -0.39 is 12.0 Å². The van der Waals surface area contributed by atoms with Gasteiger partial charge in [0.05, 0.1) is 31.7 Å². The number of methoxy groups -OCH3 is 1. The number of carbonyl (C=O) groups is 2. The second-order valence-corrected chi connectivity index (χ2v) is 8.43. The number of aliphatic hydroxyl groups is 1. The Hall–Kier alpha value is -3.44. The molecular formula is C27H25NO4. The number of ketones is 1. The molecule has 5 heteroatoms. The summed E-state index contributed by atoms with van der Waals surface area (Å²) in [7, 11) is 1.62. The highest BCUT2D eigenvalue weighted by Crippen LogP contribution is 2.54. The maximum Gasteiger partial charge on any atom is 0.231 e. The molecule has 1 saturated heterocycles. The summed E-state index contributed by atoms with van der Waals surface area (Å²) in [5.74, 6) is 0.145. The minimum atomic E-state index is -0.497. The van der Waals surface area contributed by atoms with E-state index in [1.165, 1.54) is 0 Å². The predicted molar refractivity (Wildman–Crippen MR) is 120 cm³/mol. The molecule has 0 saturated carbocycles. The lowest BCUT2D eigenvalue weighted by Crippen LogP contribution is -2.35. The highest BCUT2D eigenvalue weighted by Gasteiger charge is 2.54. The zero-order valence-corrected chi connectivity index (χ0v) is 17.8. The van der Waals surface area contributed by atoms with E-state index in [4.69, 9.17) is 4.74 Å². The Kier molecular flexibility index (Phi) is 5.27. The summed E-state index contributed by atoms with van der Waals surface area (Å²) in [5.41, 5.74) is 3.25.